The molecule has 1 fully saturated rings. The van der Waals surface area contributed by atoms with Gasteiger partial charge in [0.1, 0.15) is 17.1 Å². The molecule has 2 aliphatic rings. The second kappa shape index (κ2) is 7.97. The van der Waals surface area contributed by atoms with E-state index in [4.69, 9.17) is 13.9 Å². The molecule has 2 aromatic heterocycles. The SMILES string of the molecule is COc1ccc(-c2cncc3cc(/C=C4\SC(N5CCOCC5)=NC4=O)oc23)cc1. The summed E-state index contributed by atoms with van der Waals surface area (Å²) in [5.74, 6) is 1.15. The number of benzene rings is 1. The zero-order valence-electron chi connectivity index (χ0n) is 16.3. The standard InChI is InChI=1S/C22H19N3O4S/c1-27-16-4-2-14(3-5-16)18-13-23-12-15-10-17(29-20(15)18)11-19-21(26)24-22(30-19)25-6-8-28-9-7-25/h2-5,10-13H,6-9H2,1H3/b19-11-. The van der Waals surface area contributed by atoms with Gasteiger partial charge in [0.2, 0.25) is 0 Å². The Bertz CT molecular complexity index is 1160. The van der Waals surface area contributed by atoms with E-state index < -0.39 is 0 Å². The minimum atomic E-state index is -0.240. The molecule has 4 heterocycles. The first-order valence-corrected chi connectivity index (χ1v) is 10.4. The molecule has 0 aliphatic carbocycles. The topological polar surface area (TPSA) is 77.2 Å². The van der Waals surface area contributed by atoms with E-state index in [1.807, 2.05) is 30.3 Å². The number of rotatable bonds is 3. The fraction of sp³-hybridized carbons (Fsp3) is 0.227. The summed E-state index contributed by atoms with van der Waals surface area (Å²) in [4.78, 5) is 23.6. The van der Waals surface area contributed by atoms with Crippen LogP contribution in [0, 0.1) is 0 Å². The zero-order valence-corrected chi connectivity index (χ0v) is 17.1. The quantitative estimate of drug-likeness (QED) is 0.595. The van der Waals surface area contributed by atoms with Gasteiger partial charge >= 0.3 is 0 Å². The van der Waals surface area contributed by atoms with Crippen LogP contribution in [0.3, 0.4) is 0 Å². The number of hydrogen-bond acceptors (Lipinski definition) is 7. The van der Waals surface area contributed by atoms with E-state index in [1.165, 1.54) is 11.8 Å². The Hall–Kier alpha value is -3.10. The number of pyridine rings is 1. The van der Waals surface area contributed by atoms with Crippen molar-refractivity contribution in [3.63, 3.8) is 0 Å². The second-order valence-electron chi connectivity index (χ2n) is 6.89. The number of ether oxygens (including phenoxy) is 2. The number of furan rings is 1. The number of aliphatic imine (C=N–C) groups is 1. The molecule has 0 spiro atoms. The predicted octanol–water partition coefficient (Wildman–Crippen LogP) is 3.81. The molecule has 0 atom stereocenters. The van der Waals surface area contributed by atoms with Crippen LogP contribution >= 0.6 is 11.8 Å². The molecule has 0 saturated carbocycles. The Morgan fingerprint density at radius 3 is 2.73 bits per heavy atom. The van der Waals surface area contributed by atoms with E-state index in [0.29, 0.717) is 23.9 Å². The summed E-state index contributed by atoms with van der Waals surface area (Å²) < 4.78 is 16.7. The van der Waals surface area contributed by atoms with Crippen LogP contribution in [-0.2, 0) is 9.53 Å². The Morgan fingerprint density at radius 1 is 1.17 bits per heavy atom. The minimum Gasteiger partial charge on any atom is -0.497 e. The lowest BCUT2D eigenvalue weighted by Crippen LogP contribution is -2.38. The molecule has 0 bridgehead atoms. The van der Waals surface area contributed by atoms with Crippen LogP contribution in [0.4, 0.5) is 0 Å². The van der Waals surface area contributed by atoms with Gasteiger partial charge in [-0.25, -0.2) is 0 Å². The smallest absolute Gasteiger partial charge is 0.286 e. The maximum Gasteiger partial charge on any atom is 0.286 e. The van der Waals surface area contributed by atoms with E-state index in [1.54, 1.807) is 25.6 Å². The number of hydrogen-bond donors (Lipinski definition) is 0. The molecular formula is C22H19N3O4S. The summed E-state index contributed by atoms with van der Waals surface area (Å²) in [5, 5.41) is 1.60. The van der Waals surface area contributed by atoms with E-state index in [9.17, 15) is 4.79 Å². The van der Waals surface area contributed by atoms with Gasteiger partial charge in [0.25, 0.3) is 5.91 Å². The van der Waals surface area contributed by atoms with Gasteiger partial charge in [-0.2, -0.15) is 4.99 Å². The highest BCUT2D eigenvalue weighted by atomic mass is 32.2. The Labute approximate surface area is 177 Å². The lowest BCUT2D eigenvalue weighted by Gasteiger charge is -2.27. The van der Waals surface area contributed by atoms with Gasteiger partial charge in [0.15, 0.2) is 5.17 Å². The summed E-state index contributed by atoms with van der Waals surface area (Å²) in [5.41, 5.74) is 2.59. The number of aromatic nitrogens is 1. The first-order valence-electron chi connectivity index (χ1n) is 9.58. The van der Waals surface area contributed by atoms with Crippen molar-refractivity contribution in [2.24, 2.45) is 4.99 Å². The van der Waals surface area contributed by atoms with Crippen LogP contribution < -0.4 is 4.74 Å². The van der Waals surface area contributed by atoms with Crippen molar-refractivity contribution in [2.75, 3.05) is 33.4 Å². The van der Waals surface area contributed by atoms with Crippen molar-refractivity contribution in [2.45, 2.75) is 0 Å². The molecule has 3 aromatic rings. The van der Waals surface area contributed by atoms with Gasteiger partial charge < -0.3 is 18.8 Å². The number of fused-ring (bicyclic) bond motifs is 1. The highest BCUT2D eigenvalue weighted by molar-refractivity contribution is 8.18. The second-order valence-corrected chi connectivity index (χ2v) is 7.90. The number of nitrogens with zero attached hydrogens (tertiary/aromatic N) is 3. The van der Waals surface area contributed by atoms with Crippen molar-refractivity contribution in [1.29, 1.82) is 0 Å². The molecular weight excluding hydrogens is 402 g/mol. The van der Waals surface area contributed by atoms with Crippen LogP contribution in [0.5, 0.6) is 5.75 Å². The number of carbonyl (C=O) groups excluding carboxylic acids is 1. The molecule has 7 nitrogen and oxygen atoms in total. The molecule has 2 aliphatic heterocycles. The molecule has 8 heteroatoms. The van der Waals surface area contributed by atoms with Gasteiger partial charge in [0, 0.05) is 42.5 Å². The van der Waals surface area contributed by atoms with Crippen molar-refractivity contribution >= 4 is 39.9 Å². The van der Waals surface area contributed by atoms with Gasteiger partial charge in [-0.3, -0.25) is 9.78 Å². The average Bonchev–Trinajstić information content (AvgIpc) is 3.37. The van der Waals surface area contributed by atoms with Crippen LogP contribution in [0.1, 0.15) is 5.76 Å². The fourth-order valence-electron chi connectivity index (χ4n) is 3.45. The summed E-state index contributed by atoms with van der Waals surface area (Å²) in [7, 11) is 1.64. The van der Waals surface area contributed by atoms with E-state index in [2.05, 4.69) is 14.9 Å². The van der Waals surface area contributed by atoms with E-state index in [0.717, 1.165) is 46.1 Å². The van der Waals surface area contributed by atoms with E-state index >= 15 is 0 Å². The molecule has 0 N–H and O–H groups in total. The zero-order chi connectivity index (χ0) is 20.5. The summed E-state index contributed by atoms with van der Waals surface area (Å²) >= 11 is 1.38. The summed E-state index contributed by atoms with van der Waals surface area (Å²) in [6, 6.07) is 9.63. The third kappa shape index (κ3) is 3.59. The first kappa shape index (κ1) is 18.9. The molecule has 0 radical (unpaired) electrons. The third-order valence-corrected chi connectivity index (χ3v) is 6.05. The highest BCUT2D eigenvalue weighted by Crippen LogP contribution is 2.34. The molecule has 1 saturated heterocycles. The fourth-order valence-corrected chi connectivity index (χ4v) is 4.39. The monoisotopic (exact) mass is 421 g/mol. The first-order chi connectivity index (χ1) is 14.7. The number of carbonyl (C=O) groups is 1. The molecule has 0 unspecified atom stereocenters. The van der Waals surface area contributed by atoms with E-state index in [-0.39, 0.29) is 5.91 Å². The number of amidine groups is 1. The Balaban J connectivity index is 1.44. The van der Waals surface area contributed by atoms with Gasteiger partial charge in [0.05, 0.1) is 25.2 Å². The highest BCUT2D eigenvalue weighted by Gasteiger charge is 2.27. The lowest BCUT2D eigenvalue weighted by molar-refractivity contribution is -0.113. The summed E-state index contributed by atoms with van der Waals surface area (Å²) in [6.07, 6.45) is 5.29. The maximum absolute atomic E-state index is 12.4. The number of methoxy groups -OCH3 is 1. The molecule has 5 rings (SSSR count). The van der Waals surface area contributed by atoms with Crippen molar-refractivity contribution < 1.29 is 18.7 Å². The van der Waals surface area contributed by atoms with Crippen molar-refractivity contribution in [3.05, 3.63) is 53.4 Å². The Kier molecular flexibility index (Phi) is 5.02. The largest absolute Gasteiger partial charge is 0.497 e. The molecule has 1 aromatic carbocycles. The third-order valence-electron chi connectivity index (χ3n) is 5.01. The minimum absolute atomic E-state index is 0.240. The van der Waals surface area contributed by atoms with Gasteiger partial charge in [-0.05, 0) is 35.5 Å². The normalized spacial score (nSPS) is 18.3. The average molecular weight is 421 g/mol. The van der Waals surface area contributed by atoms with Crippen LogP contribution in [0.15, 0.2) is 57.0 Å². The van der Waals surface area contributed by atoms with Crippen molar-refractivity contribution in [1.82, 2.24) is 9.88 Å². The van der Waals surface area contributed by atoms with Crippen LogP contribution in [0.25, 0.3) is 28.2 Å². The number of thioether (sulfide) groups is 1. The lowest BCUT2D eigenvalue weighted by atomic mass is 10.1. The number of amides is 1. The molecule has 152 valence electrons. The number of morpholine rings is 1. The van der Waals surface area contributed by atoms with Gasteiger partial charge in [-0.1, -0.05) is 12.1 Å². The predicted molar refractivity (Wildman–Crippen MR) is 116 cm³/mol. The van der Waals surface area contributed by atoms with Crippen molar-refractivity contribution in [3.8, 4) is 16.9 Å². The summed E-state index contributed by atoms with van der Waals surface area (Å²) in [6.45, 7) is 2.79. The molecule has 1 amide bonds. The van der Waals surface area contributed by atoms with Gasteiger partial charge in [-0.15, -0.1) is 0 Å². The van der Waals surface area contributed by atoms with Crippen LogP contribution in [0.2, 0.25) is 0 Å². The van der Waals surface area contributed by atoms with Crippen LogP contribution in [-0.4, -0.2) is 54.4 Å². The molecule has 30 heavy (non-hydrogen) atoms. The maximum atomic E-state index is 12.4. The Morgan fingerprint density at radius 2 is 1.97 bits per heavy atom.